The van der Waals surface area contributed by atoms with Gasteiger partial charge in [-0.1, -0.05) is 0 Å². The molecule has 72 valence electrons. The summed E-state index contributed by atoms with van der Waals surface area (Å²) in [6, 6.07) is 0. The van der Waals surface area contributed by atoms with Gasteiger partial charge in [0.1, 0.15) is 0 Å². The molecule has 0 atom stereocenters. The van der Waals surface area contributed by atoms with Crippen molar-refractivity contribution in [2.75, 3.05) is 0 Å². The van der Waals surface area contributed by atoms with E-state index in [2.05, 4.69) is 50.6 Å². The Kier molecular flexibility index (Phi) is 7.87. The first kappa shape index (κ1) is 13.3. The van der Waals surface area contributed by atoms with Crippen LogP contribution in [0.3, 0.4) is 0 Å². The molecule has 0 aromatic rings. The van der Waals surface area contributed by atoms with Crippen LogP contribution in [-0.4, -0.2) is 0 Å². The zero-order chi connectivity index (χ0) is 10.2. The van der Waals surface area contributed by atoms with E-state index in [1.807, 2.05) is 0 Å². The van der Waals surface area contributed by atoms with E-state index < -0.39 is 32.6 Å². The van der Waals surface area contributed by atoms with Crippen molar-refractivity contribution in [3.8, 4) is 0 Å². The second-order valence-electron chi connectivity index (χ2n) is 3.47. The first-order chi connectivity index (χ1) is 6.24. The van der Waals surface area contributed by atoms with Gasteiger partial charge < -0.3 is 0 Å². The van der Waals surface area contributed by atoms with Crippen LogP contribution in [0.25, 0.3) is 0 Å². The van der Waals surface area contributed by atoms with Crippen LogP contribution in [0.15, 0.2) is 50.6 Å². The monoisotopic (exact) mass is 306 g/mol. The molecule has 0 saturated carbocycles. The van der Waals surface area contributed by atoms with Gasteiger partial charge in [-0.05, 0) is 0 Å². The second kappa shape index (κ2) is 7.69. The second-order valence-corrected chi connectivity index (χ2v) is 18.3. The van der Waals surface area contributed by atoms with E-state index in [0.717, 1.165) is 0 Å². The molecule has 0 heterocycles. The fourth-order valence-electron chi connectivity index (χ4n) is 1.72. The van der Waals surface area contributed by atoms with Gasteiger partial charge in [0.2, 0.25) is 0 Å². The molecule has 0 aliphatic heterocycles. The Balaban J connectivity index is 4.53. The van der Waals surface area contributed by atoms with Crippen molar-refractivity contribution >= 4 is 0 Å². The van der Waals surface area contributed by atoms with Crippen molar-refractivity contribution in [2.45, 2.75) is 8.28 Å². The average Bonchev–Trinajstić information content (AvgIpc) is 2.06. The summed E-state index contributed by atoms with van der Waals surface area (Å²) < 4.78 is 4.88. The number of rotatable bonds is 8. The molecule has 1 heteroatoms. The summed E-state index contributed by atoms with van der Waals surface area (Å²) >= 11 is -2.17. The minimum absolute atomic E-state index is 1.22. The minimum atomic E-state index is -2.17. The van der Waals surface area contributed by atoms with Crippen LogP contribution in [0, 0.1) is 32.6 Å². The van der Waals surface area contributed by atoms with Crippen LogP contribution in [0.4, 0.5) is 0 Å². The van der Waals surface area contributed by atoms with Crippen molar-refractivity contribution in [2.24, 2.45) is 0 Å². The molecule has 0 aliphatic carbocycles. The molecule has 0 amide bonds. The van der Waals surface area contributed by atoms with E-state index in [1.165, 1.54) is 8.28 Å². The number of hydrogen-bond acceptors (Lipinski definition) is 0. The molecular weight excluding hydrogens is 288 g/mol. The summed E-state index contributed by atoms with van der Waals surface area (Å²) in [7, 11) is 0. The van der Waals surface area contributed by atoms with Crippen LogP contribution in [0.5, 0.6) is 0 Å². The fraction of sp³-hybridized carbons (Fsp3) is 0.333. The Morgan fingerprint density at radius 2 is 0.846 bits per heavy atom. The van der Waals surface area contributed by atoms with Crippen molar-refractivity contribution in [1.29, 1.82) is 0 Å². The van der Waals surface area contributed by atoms with E-state index in [0.29, 0.717) is 0 Å². The summed E-state index contributed by atoms with van der Waals surface area (Å²) in [5, 5.41) is 0. The summed E-state index contributed by atoms with van der Waals surface area (Å²) in [6.07, 6.45) is 8.27. The molecule has 0 aromatic heterocycles. The van der Waals surface area contributed by atoms with Crippen molar-refractivity contribution in [1.82, 2.24) is 0 Å². The summed E-state index contributed by atoms with van der Waals surface area (Å²) in [6.45, 7) is 15.4. The van der Waals surface area contributed by atoms with Gasteiger partial charge in [-0.3, -0.25) is 0 Å². The fourth-order valence-corrected chi connectivity index (χ4v) is 12.8. The molecule has 0 spiro atoms. The van der Waals surface area contributed by atoms with Crippen LogP contribution in [0.1, 0.15) is 0 Å². The van der Waals surface area contributed by atoms with Gasteiger partial charge in [0.15, 0.2) is 0 Å². The summed E-state index contributed by atoms with van der Waals surface area (Å²) in [5.74, 6) is 0. The third-order valence-corrected chi connectivity index (χ3v) is 17.1. The molecule has 0 bridgehead atoms. The van der Waals surface area contributed by atoms with Gasteiger partial charge in [0.25, 0.3) is 0 Å². The van der Waals surface area contributed by atoms with Crippen LogP contribution in [0.2, 0.25) is 8.28 Å². The summed E-state index contributed by atoms with van der Waals surface area (Å²) in [4.78, 5) is 0. The van der Waals surface area contributed by atoms with Gasteiger partial charge in [0, 0.05) is 0 Å². The van der Waals surface area contributed by atoms with E-state index >= 15 is 0 Å². The van der Waals surface area contributed by atoms with Crippen LogP contribution >= 0.6 is 0 Å². The van der Waals surface area contributed by atoms with Gasteiger partial charge in [-0.25, -0.2) is 0 Å². The van der Waals surface area contributed by atoms with E-state index in [1.54, 1.807) is 0 Å². The van der Waals surface area contributed by atoms with Crippen LogP contribution in [-0.2, 0) is 0 Å². The molecule has 0 N–H and O–H groups in total. The SMILES string of the molecule is C=C[CH2][Nd]([CH2]C=C)([CH2]C=C)[CH2]C=C. The third-order valence-electron chi connectivity index (χ3n) is 2.31. The molecule has 0 nitrogen and oxygen atoms in total. The first-order valence-electron chi connectivity index (χ1n) is 4.68. The Bertz CT molecular complexity index is 146. The Morgan fingerprint density at radius 1 is 0.615 bits per heavy atom. The predicted octanol–water partition coefficient (Wildman–Crippen LogP) is 4.56. The molecule has 0 radical (unpaired) electrons. The van der Waals surface area contributed by atoms with E-state index in [-0.39, 0.29) is 0 Å². The van der Waals surface area contributed by atoms with Gasteiger partial charge in [-0.15, -0.1) is 0 Å². The Hall–Kier alpha value is 0.311. The van der Waals surface area contributed by atoms with E-state index in [9.17, 15) is 0 Å². The molecule has 0 aromatic carbocycles. The molecular formula is C12H20Nd. The van der Waals surface area contributed by atoms with Gasteiger partial charge >= 0.3 is 91.5 Å². The quantitative estimate of drug-likeness (QED) is 0.577. The Labute approximate surface area is 90.4 Å². The zero-order valence-electron chi connectivity index (χ0n) is 8.47. The standard InChI is InChI=1S/4C3H5.Nd/c4*1-3-2;/h4*3H,1-2H2;. The maximum absolute atomic E-state index is 3.84. The number of hydrogen-bond donors (Lipinski definition) is 0. The van der Waals surface area contributed by atoms with Crippen molar-refractivity contribution in [3.63, 3.8) is 0 Å². The van der Waals surface area contributed by atoms with E-state index in [4.69, 9.17) is 0 Å². The molecule has 13 heavy (non-hydrogen) atoms. The molecule has 0 unspecified atom stereocenters. The maximum atomic E-state index is 3.84. The predicted molar refractivity (Wildman–Crippen MR) is 60.0 cm³/mol. The first-order valence-corrected chi connectivity index (χ1v) is 13.8. The molecule has 0 aliphatic rings. The average molecular weight is 309 g/mol. The number of allylic oxidation sites excluding steroid dienone is 4. The summed E-state index contributed by atoms with van der Waals surface area (Å²) in [5.41, 5.74) is 0. The van der Waals surface area contributed by atoms with Crippen LogP contribution < -0.4 is 0 Å². The third kappa shape index (κ3) is 4.92. The van der Waals surface area contributed by atoms with Gasteiger partial charge in [-0.2, -0.15) is 0 Å². The van der Waals surface area contributed by atoms with Gasteiger partial charge in [0.05, 0.1) is 0 Å². The van der Waals surface area contributed by atoms with Crippen molar-refractivity contribution < 1.29 is 32.6 Å². The Morgan fingerprint density at radius 3 is 1.00 bits per heavy atom. The molecule has 0 saturated heterocycles. The molecule has 0 fully saturated rings. The van der Waals surface area contributed by atoms with Crippen molar-refractivity contribution in [3.05, 3.63) is 50.6 Å². The zero-order valence-corrected chi connectivity index (χ0v) is 11.7. The molecule has 0 rings (SSSR count). The normalized spacial score (nSPS) is 10.5. The topological polar surface area (TPSA) is 0 Å².